The second kappa shape index (κ2) is 5.69. The van der Waals surface area contributed by atoms with Crippen molar-refractivity contribution in [2.75, 3.05) is 7.11 Å². The second-order valence-electron chi connectivity index (χ2n) is 4.59. The van der Waals surface area contributed by atoms with E-state index >= 15 is 0 Å². The lowest BCUT2D eigenvalue weighted by Gasteiger charge is -2.08. The molecular weight excluding hydrogens is 256 g/mol. The molecule has 1 aromatic carbocycles. The lowest BCUT2D eigenvalue weighted by atomic mass is 10.0. The van der Waals surface area contributed by atoms with Crippen molar-refractivity contribution in [2.24, 2.45) is 7.05 Å². The molecule has 0 bridgehead atoms. The zero-order chi connectivity index (χ0) is 14.7. The van der Waals surface area contributed by atoms with E-state index in [1.165, 1.54) is 13.3 Å². The Kier molecular flexibility index (Phi) is 3.98. The average Bonchev–Trinajstić information content (AvgIpc) is 2.85. The molecule has 104 valence electrons. The molecule has 2 aromatic rings. The molecule has 5 nitrogen and oxygen atoms in total. The standard InChI is InChI=1S/C15H16N2O3/c1-10-4-5-14(20-3)11(8-10)12(18)9-13(19)15-16-6-7-17(15)2/h4-8H,9H2,1-3H3. The highest BCUT2D eigenvalue weighted by Gasteiger charge is 2.19. The van der Waals surface area contributed by atoms with Crippen molar-refractivity contribution in [3.63, 3.8) is 0 Å². The van der Waals surface area contributed by atoms with Gasteiger partial charge in [-0.1, -0.05) is 11.6 Å². The molecule has 0 saturated heterocycles. The normalized spacial score (nSPS) is 10.3. The first-order valence-corrected chi connectivity index (χ1v) is 6.21. The number of ether oxygens (including phenoxy) is 1. The number of aromatic nitrogens is 2. The molecule has 0 aliphatic rings. The van der Waals surface area contributed by atoms with Gasteiger partial charge in [-0.2, -0.15) is 0 Å². The van der Waals surface area contributed by atoms with Crippen LogP contribution in [0.3, 0.4) is 0 Å². The summed E-state index contributed by atoms with van der Waals surface area (Å²) in [5, 5.41) is 0. The van der Waals surface area contributed by atoms with Gasteiger partial charge in [0.05, 0.1) is 19.1 Å². The van der Waals surface area contributed by atoms with Gasteiger partial charge in [-0.25, -0.2) is 4.98 Å². The Labute approximate surface area is 117 Å². The number of nitrogens with zero attached hydrogens (tertiary/aromatic N) is 2. The molecule has 0 N–H and O–H groups in total. The predicted octanol–water partition coefficient (Wildman–Crippen LogP) is 2.19. The molecule has 0 unspecified atom stereocenters. The van der Waals surface area contributed by atoms with E-state index in [1.54, 1.807) is 29.9 Å². The number of ketones is 2. The third-order valence-corrected chi connectivity index (χ3v) is 3.05. The molecule has 0 radical (unpaired) electrons. The van der Waals surface area contributed by atoms with Gasteiger partial charge >= 0.3 is 0 Å². The number of hydrogen-bond donors (Lipinski definition) is 0. The molecule has 20 heavy (non-hydrogen) atoms. The maximum Gasteiger partial charge on any atom is 0.205 e. The van der Waals surface area contributed by atoms with Crippen molar-refractivity contribution >= 4 is 11.6 Å². The quantitative estimate of drug-likeness (QED) is 0.618. The summed E-state index contributed by atoms with van der Waals surface area (Å²) in [4.78, 5) is 28.3. The minimum absolute atomic E-state index is 0.218. The van der Waals surface area contributed by atoms with Crippen LogP contribution in [0, 0.1) is 6.92 Å². The number of methoxy groups -OCH3 is 1. The van der Waals surface area contributed by atoms with Crippen LogP contribution in [-0.4, -0.2) is 28.2 Å². The van der Waals surface area contributed by atoms with Crippen LogP contribution in [0.4, 0.5) is 0 Å². The zero-order valence-corrected chi connectivity index (χ0v) is 11.7. The van der Waals surface area contributed by atoms with Crippen LogP contribution in [0.25, 0.3) is 0 Å². The van der Waals surface area contributed by atoms with E-state index < -0.39 is 0 Å². The lowest BCUT2D eigenvalue weighted by Crippen LogP contribution is -2.13. The van der Waals surface area contributed by atoms with Gasteiger partial charge in [-0.05, 0) is 19.1 Å². The summed E-state index contributed by atoms with van der Waals surface area (Å²) in [5.74, 6) is 0.197. The smallest absolute Gasteiger partial charge is 0.205 e. The molecule has 0 fully saturated rings. The molecule has 0 aliphatic carbocycles. The van der Waals surface area contributed by atoms with Crippen molar-refractivity contribution in [3.8, 4) is 5.75 Å². The Bertz CT molecular complexity index is 659. The number of imidazole rings is 1. The van der Waals surface area contributed by atoms with Gasteiger partial charge in [0.15, 0.2) is 11.6 Å². The van der Waals surface area contributed by atoms with Gasteiger partial charge in [-0.15, -0.1) is 0 Å². The van der Waals surface area contributed by atoms with Gasteiger partial charge < -0.3 is 9.30 Å². The lowest BCUT2D eigenvalue weighted by molar-refractivity contribution is 0.0885. The van der Waals surface area contributed by atoms with Crippen molar-refractivity contribution in [1.82, 2.24) is 9.55 Å². The summed E-state index contributed by atoms with van der Waals surface area (Å²) >= 11 is 0. The number of carbonyl (C=O) groups excluding carboxylic acids is 2. The van der Waals surface area contributed by atoms with E-state index in [0.29, 0.717) is 11.3 Å². The van der Waals surface area contributed by atoms with Crippen molar-refractivity contribution < 1.29 is 14.3 Å². The van der Waals surface area contributed by atoms with Gasteiger partial charge in [0.25, 0.3) is 0 Å². The van der Waals surface area contributed by atoms with Crippen LogP contribution in [-0.2, 0) is 7.05 Å². The fourth-order valence-electron chi connectivity index (χ4n) is 1.99. The Hall–Kier alpha value is -2.43. The van der Waals surface area contributed by atoms with Crippen LogP contribution in [0.1, 0.15) is 33.0 Å². The van der Waals surface area contributed by atoms with Crippen LogP contribution < -0.4 is 4.74 Å². The number of hydrogen-bond acceptors (Lipinski definition) is 4. The summed E-state index contributed by atoms with van der Waals surface area (Å²) < 4.78 is 6.76. The minimum Gasteiger partial charge on any atom is -0.496 e. The molecule has 0 spiro atoms. The molecule has 1 aromatic heterocycles. The molecule has 0 saturated carbocycles. The Morgan fingerprint density at radius 1 is 1.30 bits per heavy atom. The third-order valence-electron chi connectivity index (χ3n) is 3.05. The maximum absolute atomic E-state index is 12.3. The Morgan fingerprint density at radius 2 is 2.05 bits per heavy atom. The van der Waals surface area contributed by atoms with E-state index in [4.69, 9.17) is 4.74 Å². The van der Waals surface area contributed by atoms with Crippen molar-refractivity contribution in [2.45, 2.75) is 13.3 Å². The van der Waals surface area contributed by atoms with E-state index in [2.05, 4.69) is 4.98 Å². The average molecular weight is 272 g/mol. The van der Waals surface area contributed by atoms with Gasteiger partial charge in [-0.3, -0.25) is 9.59 Å². The SMILES string of the molecule is COc1ccc(C)cc1C(=O)CC(=O)c1nccn1C. The Morgan fingerprint density at radius 3 is 2.65 bits per heavy atom. The van der Waals surface area contributed by atoms with Gasteiger partial charge in [0.1, 0.15) is 5.75 Å². The van der Waals surface area contributed by atoms with Gasteiger partial charge in [0.2, 0.25) is 5.78 Å². The molecule has 0 amide bonds. The largest absolute Gasteiger partial charge is 0.496 e. The molecule has 2 rings (SSSR count). The highest BCUT2D eigenvalue weighted by molar-refractivity contribution is 6.13. The van der Waals surface area contributed by atoms with Crippen molar-refractivity contribution in [1.29, 1.82) is 0 Å². The van der Waals surface area contributed by atoms with E-state index in [-0.39, 0.29) is 23.8 Å². The van der Waals surface area contributed by atoms with Gasteiger partial charge in [0, 0.05) is 19.4 Å². The summed E-state index contributed by atoms with van der Waals surface area (Å²) in [6, 6.07) is 5.32. The number of rotatable bonds is 5. The van der Waals surface area contributed by atoms with E-state index in [0.717, 1.165) is 5.56 Å². The van der Waals surface area contributed by atoms with E-state index in [9.17, 15) is 9.59 Å². The molecule has 1 heterocycles. The van der Waals surface area contributed by atoms with E-state index in [1.807, 2.05) is 13.0 Å². The fourth-order valence-corrected chi connectivity index (χ4v) is 1.99. The number of benzene rings is 1. The van der Waals surface area contributed by atoms with Crippen LogP contribution in [0.2, 0.25) is 0 Å². The Balaban J connectivity index is 2.23. The number of aryl methyl sites for hydroxylation is 2. The fraction of sp³-hybridized carbons (Fsp3) is 0.267. The highest BCUT2D eigenvalue weighted by Crippen LogP contribution is 2.21. The topological polar surface area (TPSA) is 61.2 Å². The first-order valence-electron chi connectivity index (χ1n) is 6.21. The first kappa shape index (κ1) is 14.0. The number of carbonyl (C=O) groups is 2. The maximum atomic E-state index is 12.3. The van der Waals surface area contributed by atoms with Crippen LogP contribution in [0.15, 0.2) is 30.6 Å². The monoisotopic (exact) mass is 272 g/mol. The second-order valence-corrected chi connectivity index (χ2v) is 4.59. The zero-order valence-electron chi connectivity index (χ0n) is 11.7. The molecular formula is C15H16N2O3. The molecule has 0 atom stereocenters. The summed E-state index contributed by atoms with van der Waals surface area (Å²) in [7, 11) is 3.22. The number of Topliss-reactive ketones (excluding diaryl/α,β-unsaturated/α-hetero) is 2. The summed E-state index contributed by atoms with van der Waals surface area (Å²) in [5.41, 5.74) is 1.37. The molecule has 0 aliphatic heterocycles. The van der Waals surface area contributed by atoms with Crippen LogP contribution >= 0.6 is 0 Å². The third kappa shape index (κ3) is 2.77. The van der Waals surface area contributed by atoms with Crippen molar-refractivity contribution in [3.05, 3.63) is 47.5 Å². The predicted molar refractivity (Wildman–Crippen MR) is 74.2 cm³/mol. The highest BCUT2D eigenvalue weighted by atomic mass is 16.5. The minimum atomic E-state index is -0.300. The van der Waals surface area contributed by atoms with Crippen LogP contribution in [0.5, 0.6) is 5.75 Å². The molecule has 5 heteroatoms. The first-order chi connectivity index (χ1) is 9.52. The summed E-state index contributed by atoms with van der Waals surface area (Å²) in [6.45, 7) is 1.89. The summed E-state index contributed by atoms with van der Waals surface area (Å²) in [6.07, 6.45) is 2.99.